The molecule has 1 aromatic carbocycles. The Labute approximate surface area is 95.1 Å². The van der Waals surface area contributed by atoms with Crippen molar-refractivity contribution in [1.29, 1.82) is 0 Å². The first-order valence-corrected chi connectivity index (χ1v) is 5.37. The SMILES string of the molecule is Cc1ccc(-c2nc(CCN)n(C)n2)cc1. The third kappa shape index (κ3) is 2.12. The monoisotopic (exact) mass is 216 g/mol. The van der Waals surface area contributed by atoms with Gasteiger partial charge in [-0.05, 0) is 13.5 Å². The molecule has 0 saturated heterocycles. The van der Waals surface area contributed by atoms with Gasteiger partial charge >= 0.3 is 0 Å². The third-order valence-electron chi connectivity index (χ3n) is 2.53. The topological polar surface area (TPSA) is 56.7 Å². The Kier molecular flexibility index (Phi) is 3.01. The van der Waals surface area contributed by atoms with E-state index >= 15 is 0 Å². The lowest BCUT2D eigenvalue weighted by molar-refractivity contribution is 0.697. The fourth-order valence-corrected chi connectivity index (χ4v) is 1.59. The van der Waals surface area contributed by atoms with Crippen LogP contribution in [0.1, 0.15) is 11.4 Å². The minimum atomic E-state index is 0.597. The van der Waals surface area contributed by atoms with Gasteiger partial charge in [0.1, 0.15) is 5.82 Å². The summed E-state index contributed by atoms with van der Waals surface area (Å²) in [4.78, 5) is 4.47. The lowest BCUT2D eigenvalue weighted by Gasteiger charge is -1.95. The minimum absolute atomic E-state index is 0.597. The molecule has 0 unspecified atom stereocenters. The van der Waals surface area contributed by atoms with E-state index in [0.717, 1.165) is 23.6 Å². The summed E-state index contributed by atoms with van der Waals surface area (Å²) in [6.45, 7) is 2.66. The van der Waals surface area contributed by atoms with Crippen LogP contribution < -0.4 is 5.73 Å². The molecule has 0 aliphatic rings. The number of benzene rings is 1. The second kappa shape index (κ2) is 4.45. The van der Waals surface area contributed by atoms with Crippen molar-refractivity contribution in [1.82, 2.24) is 14.8 Å². The fraction of sp³-hybridized carbons (Fsp3) is 0.333. The highest BCUT2D eigenvalue weighted by molar-refractivity contribution is 5.54. The molecule has 0 amide bonds. The largest absolute Gasteiger partial charge is 0.330 e. The van der Waals surface area contributed by atoms with Crippen molar-refractivity contribution in [2.45, 2.75) is 13.3 Å². The molecule has 0 bridgehead atoms. The van der Waals surface area contributed by atoms with Crippen LogP contribution in [0.2, 0.25) is 0 Å². The van der Waals surface area contributed by atoms with E-state index in [9.17, 15) is 0 Å². The smallest absolute Gasteiger partial charge is 0.181 e. The Morgan fingerprint density at radius 1 is 1.25 bits per heavy atom. The molecule has 0 radical (unpaired) electrons. The van der Waals surface area contributed by atoms with Gasteiger partial charge in [0.2, 0.25) is 0 Å². The molecule has 4 nitrogen and oxygen atoms in total. The van der Waals surface area contributed by atoms with Crippen molar-refractivity contribution < 1.29 is 0 Å². The molecule has 16 heavy (non-hydrogen) atoms. The van der Waals surface area contributed by atoms with Crippen molar-refractivity contribution in [3.8, 4) is 11.4 Å². The van der Waals surface area contributed by atoms with Crippen molar-refractivity contribution >= 4 is 0 Å². The van der Waals surface area contributed by atoms with Crippen LogP contribution in [0.3, 0.4) is 0 Å². The van der Waals surface area contributed by atoms with Crippen LogP contribution in [0.25, 0.3) is 11.4 Å². The average Bonchev–Trinajstić information content (AvgIpc) is 2.62. The molecule has 0 fully saturated rings. The highest BCUT2D eigenvalue weighted by atomic mass is 15.3. The molecular formula is C12H16N4. The summed E-state index contributed by atoms with van der Waals surface area (Å²) in [6.07, 6.45) is 0.759. The zero-order chi connectivity index (χ0) is 11.5. The van der Waals surface area contributed by atoms with Crippen molar-refractivity contribution in [3.63, 3.8) is 0 Å². The summed E-state index contributed by atoms with van der Waals surface area (Å²) >= 11 is 0. The zero-order valence-electron chi connectivity index (χ0n) is 9.64. The second-order valence-electron chi connectivity index (χ2n) is 3.88. The molecule has 4 heteroatoms. The van der Waals surface area contributed by atoms with Gasteiger partial charge in [-0.1, -0.05) is 29.8 Å². The molecule has 0 spiro atoms. The van der Waals surface area contributed by atoms with Crippen LogP contribution in [0.5, 0.6) is 0 Å². The maximum Gasteiger partial charge on any atom is 0.181 e. The number of aromatic nitrogens is 3. The maximum absolute atomic E-state index is 5.52. The summed E-state index contributed by atoms with van der Waals surface area (Å²) < 4.78 is 1.79. The normalized spacial score (nSPS) is 10.7. The van der Waals surface area contributed by atoms with Crippen molar-refractivity contribution in [2.24, 2.45) is 12.8 Å². The number of aryl methyl sites for hydroxylation is 2. The summed E-state index contributed by atoms with van der Waals surface area (Å²) in [5, 5.41) is 4.38. The highest BCUT2D eigenvalue weighted by Crippen LogP contribution is 2.15. The van der Waals surface area contributed by atoms with E-state index in [0.29, 0.717) is 6.54 Å². The second-order valence-corrected chi connectivity index (χ2v) is 3.88. The Hall–Kier alpha value is -1.68. The van der Waals surface area contributed by atoms with E-state index in [1.54, 1.807) is 4.68 Å². The van der Waals surface area contributed by atoms with Gasteiger partial charge in [-0.15, -0.1) is 0 Å². The van der Waals surface area contributed by atoms with Crippen LogP contribution in [0.4, 0.5) is 0 Å². The lowest BCUT2D eigenvalue weighted by Crippen LogP contribution is -2.08. The number of nitrogens with two attached hydrogens (primary N) is 1. The molecular weight excluding hydrogens is 200 g/mol. The number of rotatable bonds is 3. The van der Waals surface area contributed by atoms with Gasteiger partial charge < -0.3 is 5.73 Å². The lowest BCUT2D eigenvalue weighted by atomic mass is 10.1. The van der Waals surface area contributed by atoms with E-state index in [2.05, 4.69) is 29.1 Å². The molecule has 0 aliphatic carbocycles. The fourth-order valence-electron chi connectivity index (χ4n) is 1.59. The van der Waals surface area contributed by atoms with E-state index in [-0.39, 0.29) is 0 Å². The zero-order valence-corrected chi connectivity index (χ0v) is 9.64. The maximum atomic E-state index is 5.52. The van der Waals surface area contributed by atoms with E-state index in [1.165, 1.54) is 5.56 Å². The average molecular weight is 216 g/mol. The predicted octanol–water partition coefficient (Wildman–Crippen LogP) is 1.29. The van der Waals surface area contributed by atoms with Gasteiger partial charge in [-0.25, -0.2) is 4.98 Å². The van der Waals surface area contributed by atoms with Crippen LogP contribution in [-0.2, 0) is 13.5 Å². The predicted molar refractivity (Wildman–Crippen MR) is 63.9 cm³/mol. The first kappa shape index (κ1) is 10.8. The first-order chi connectivity index (χ1) is 7.70. The van der Waals surface area contributed by atoms with Crippen LogP contribution in [-0.4, -0.2) is 21.3 Å². The van der Waals surface area contributed by atoms with Gasteiger partial charge in [-0.2, -0.15) is 5.10 Å². The van der Waals surface area contributed by atoms with Crippen LogP contribution in [0.15, 0.2) is 24.3 Å². The standard InChI is InChI=1S/C12H16N4/c1-9-3-5-10(6-4-9)12-14-11(7-8-13)16(2)15-12/h3-6H,7-8,13H2,1-2H3. The van der Waals surface area contributed by atoms with Gasteiger partial charge in [0, 0.05) is 19.0 Å². The Morgan fingerprint density at radius 3 is 2.56 bits per heavy atom. The van der Waals surface area contributed by atoms with Gasteiger partial charge in [0.15, 0.2) is 5.82 Å². The number of hydrogen-bond donors (Lipinski definition) is 1. The number of hydrogen-bond acceptors (Lipinski definition) is 3. The van der Waals surface area contributed by atoms with E-state index in [1.807, 2.05) is 19.2 Å². The Morgan fingerprint density at radius 2 is 1.94 bits per heavy atom. The Balaban J connectivity index is 2.33. The minimum Gasteiger partial charge on any atom is -0.330 e. The molecule has 2 aromatic rings. The summed E-state index contributed by atoms with van der Waals surface area (Å²) in [7, 11) is 1.90. The Bertz CT molecular complexity index is 470. The van der Waals surface area contributed by atoms with E-state index < -0.39 is 0 Å². The first-order valence-electron chi connectivity index (χ1n) is 5.37. The molecule has 1 aromatic heterocycles. The third-order valence-corrected chi connectivity index (χ3v) is 2.53. The van der Waals surface area contributed by atoms with Gasteiger partial charge in [0.25, 0.3) is 0 Å². The van der Waals surface area contributed by atoms with Crippen LogP contribution >= 0.6 is 0 Å². The molecule has 2 N–H and O–H groups in total. The van der Waals surface area contributed by atoms with Gasteiger partial charge in [0.05, 0.1) is 0 Å². The molecule has 0 saturated carbocycles. The summed E-state index contributed by atoms with van der Waals surface area (Å²) in [5.41, 5.74) is 7.80. The van der Waals surface area contributed by atoms with Crippen LogP contribution in [0, 0.1) is 6.92 Å². The van der Waals surface area contributed by atoms with Crippen molar-refractivity contribution in [3.05, 3.63) is 35.7 Å². The molecule has 84 valence electrons. The summed E-state index contributed by atoms with van der Waals surface area (Å²) in [6, 6.07) is 8.20. The quantitative estimate of drug-likeness (QED) is 0.841. The summed E-state index contributed by atoms with van der Waals surface area (Å²) in [5.74, 6) is 1.70. The van der Waals surface area contributed by atoms with E-state index in [4.69, 9.17) is 5.73 Å². The van der Waals surface area contributed by atoms with Gasteiger partial charge in [-0.3, -0.25) is 4.68 Å². The van der Waals surface area contributed by atoms with Crippen molar-refractivity contribution in [2.75, 3.05) is 6.54 Å². The molecule has 0 atom stereocenters. The molecule has 1 heterocycles. The molecule has 2 rings (SSSR count). The molecule has 0 aliphatic heterocycles. The highest BCUT2D eigenvalue weighted by Gasteiger charge is 2.07. The number of nitrogens with zero attached hydrogens (tertiary/aromatic N) is 3.